The topological polar surface area (TPSA) is 64.6 Å². The fourth-order valence-electron chi connectivity index (χ4n) is 2.60. The van der Waals surface area contributed by atoms with Gasteiger partial charge in [-0.2, -0.15) is 0 Å². The zero-order valence-corrected chi connectivity index (χ0v) is 14.5. The molecule has 3 rings (SSSR count). The average molecular weight is 360 g/mol. The summed E-state index contributed by atoms with van der Waals surface area (Å²) in [5.74, 6) is -0.550. The number of benzene rings is 2. The van der Waals surface area contributed by atoms with E-state index in [4.69, 9.17) is 21.1 Å². The van der Waals surface area contributed by atoms with Gasteiger partial charge in [0, 0.05) is 10.7 Å². The molecule has 0 aliphatic carbocycles. The van der Waals surface area contributed by atoms with Crippen LogP contribution in [0.5, 0.6) is 5.75 Å². The Morgan fingerprint density at radius 3 is 2.76 bits per heavy atom. The minimum Gasteiger partial charge on any atom is -0.492 e. The predicted octanol–water partition coefficient (Wildman–Crippen LogP) is 3.38. The van der Waals surface area contributed by atoms with Gasteiger partial charge >= 0.3 is 5.97 Å². The third-order valence-corrected chi connectivity index (χ3v) is 4.18. The van der Waals surface area contributed by atoms with Gasteiger partial charge in [0.15, 0.2) is 6.61 Å². The van der Waals surface area contributed by atoms with Crippen molar-refractivity contribution < 1.29 is 19.1 Å². The maximum atomic E-state index is 12.2. The van der Waals surface area contributed by atoms with Gasteiger partial charge in [-0.15, -0.1) is 0 Å². The first-order valence-corrected chi connectivity index (χ1v) is 8.33. The second-order valence-electron chi connectivity index (χ2n) is 5.99. The van der Waals surface area contributed by atoms with Gasteiger partial charge < -0.3 is 14.8 Å². The van der Waals surface area contributed by atoms with Gasteiger partial charge in [-0.25, -0.2) is 0 Å². The molecule has 1 aliphatic rings. The summed E-state index contributed by atoms with van der Waals surface area (Å²) in [4.78, 5) is 24.1. The van der Waals surface area contributed by atoms with Crippen LogP contribution in [0.3, 0.4) is 0 Å². The molecule has 1 amide bonds. The van der Waals surface area contributed by atoms with Gasteiger partial charge in [-0.1, -0.05) is 29.3 Å². The number of carbonyl (C=O) groups is 2. The Bertz CT molecular complexity index is 789. The highest BCUT2D eigenvalue weighted by Crippen LogP contribution is 2.30. The van der Waals surface area contributed by atoms with Crippen molar-refractivity contribution in [2.75, 3.05) is 18.5 Å². The molecule has 0 aromatic heterocycles. The number of carbonyl (C=O) groups excluding carboxylic acids is 2. The number of amides is 1. The van der Waals surface area contributed by atoms with Gasteiger partial charge in [-0.05, 0) is 49.2 Å². The summed E-state index contributed by atoms with van der Waals surface area (Å²) in [6.07, 6.45) is 0.480. The number of aryl methyl sites for hydroxylation is 1. The van der Waals surface area contributed by atoms with Crippen molar-refractivity contribution in [1.29, 1.82) is 0 Å². The molecule has 0 fully saturated rings. The lowest BCUT2D eigenvalue weighted by molar-refractivity contribution is -0.152. The molecule has 0 radical (unpaired) electrons. The normalized spacial score (nSPS) is 15.7. The molecule has 1 N–H and O–H groups in total. The van der Waals surface area contributed by atoms with Crippen LogP contribution in [0.25, 0.3) is 0 Å². The minimum absolute atomic E-state index is 0.229. The molecule has 1 atom stereocenters. The number of esters is 1. The molecule has 130 valence electrons. The number of rotatable bonds is 4. The van der Waals surface area contributed by atoms with E-state index in [1.54, 1.807) is 30.3 Å². The standard InChI is InChI=1S/C19H18ClNO4/c1-12-2-5-16(6-3-12)21-18(22)11-25-19(23)14-8-13-9-15(20)4-7-17(13)24-10-14/h2-7,9,14H,8,10-11H2,1H3,(H,21,22)/t14-/m0/s1. The summed E-state index contributed by atoms with van der Waals surface area (Å²) in [6.45, 7) is 1.86. The summed E-state index contributed by atoms with van der Waals surface area (Å²) in [5, 5.41) is 3.28. The summed E-state index contributed by atoms with van der Waals surface area (Å²) in [6, 6.07) is 12.7. The van der Waals surface area contributed by atoms with E-state index < -0.39 is 11.9 Å². The molecular weight excluding hydrogens is 342 g/mol. The Kier molecular flexibility index (Phi) is 5.24. The Morgan fingerprint density at radius 1 is 1.24 bits per heavy atom. The highest BCUT2D eigenvalue weighted by Gasteiger charge is 2.27. The first-order valence-electron chi connectivity index (χ1n) is 7.95. The van der Waals surface area contributed by atoms with E-state index in [0.29, 0.717) is 17.1 Å². The van der Waals surface area contributed by atoms with Crippen LogP contribution < -0.4 is 10.1 Å². The molecule has 1 heterocycles. The zero-order chi connectivity index (χ0) is 17.8. The lowest BCUT2D eigenvalue weighted by Crippen LogP contribution is -2.31. The molecule has 0 unspecified atom stereocenters. The zero-order valence-electron chi connectivity index (χ0n) is 13.8. The number of hydrogen-bond donors (Lipinski definition) is 1. The average Bonchev–Trinajstić information content (AvgIpc) is 2.61. The van der Waals surface area contributed by atoms with Gasteiger partial charge in [0.05, 0.1) is 5.92 Å². The summed E-state index contributed by atoms with van der Waals surface area (Å²) in [5.41, 5.74) is 2.63. The summed E-state index contributed by atoms with van der Waals surface area (Å²) in [7, 11) is 0. The molecule has 2 aromatic rings. The lowest BCUT2D eigenvalue weighted by atomic mass is 9.97. The predicted molar refractivity (Wildman–Crippen MR) is 94.9 cm³/mol. The molecule has 5 nitrogen and oxygen atoms in total. The molecule has 25 heavy (non-hydrogen) atoms. The van der Waals surface area contributed by atoms with Crippen LogP contribution in [-0.4, -0.2) is 25.1 Å². The Morgan fingerprint density at radius 2 is 2.00 bits per heavy atom. The number of hydrogen-bond acceptors (Lipinski definition) is 4. The molecule has 0 bridgehead atoms. The quantitative estimate of drug-likeness (QED) is 0.850. The van der Waals surface area contributed by atoms with Gasteiger partial charge in [0.1, 0.15) is 12.4 Å². The van der Waals surface area contributed by atoms with Crippen molar-refractivity contribution in [2.45, 2.75) is 13.3 Å². The number of nitrogens with one attached hydrogen (secondary N) is 1. The van der Waals surface area contributed by atoms with Gasteiger partial charge in [-0.3, -0.25) is 9.59 Å². The second-order valence-corrected chi connectivity index (χ2v) is 6.42. The molecule has 0 saturated heterocycles. The van der Waals surface area contributed by atoms with E-state index in [-0.39, 0.29) is 19.1 Å². The van der Waals surface area contributed by atoms with E-state index in [2.05, 4.69) is 5.32 Å². The van der Waals surface area contributed by atoms with Gasteiger partial charge in [0.25, 0.3) is 5.91 Å². The number of fused-ring (bicyclic) bond motifs is 1. The SMILES string of the molecule is Cc1ccc(NC(=O)COC(=O)[C@@H]2COc3ccc(Cl)cc3C2)cc1. The van der Waals surface area contributed by atoms with Crippen molar-refractivity contribution in [1.82, 2.24) is 0 Å². The van der Waals surface area contributed by atoms with E-state index in [0.717, 1.165) is 16.9 Å². The van der Waals surface area contributed by atoms with Crippen molar-refractivity contribution in [3.05, 3.63) is 58.6 Å². The van der Waals surface area contributed by atoms with E-state index in [1.807, 2.05) is 19.1 Å². The monoisotopic (exact) mass is 359 g/mol. The third kappa shape index (κ3) is 4.51. The van der Waals surface area contributed by atoms with E-state index >= 15 is 0 Å². The van der Waals surface area contributed by atoms with Crippen molar-refractivity contribution in [2.24, 2.45) is 5.92 Å². The smallest absolute Gasteiger partial charge is 0.313 e. The number of anilines is 1. The van der Waals surface area contributed by atoms with E-state index in [1.165, 1.54) is 0 Å². The first kappa shape index (κ1) is 17.3. The minimum atomic E-state index is -0.454. The van der Waals surface area contributed by atoms with Crippen LogP contribution >= 0.6 is 11.6 Å². The Balaban J connectivity index is 1.51. The molecular formula is C19H18ClNO4. The van der Waals surface area contributed by atoms with Crippen molar-refractivity contribution in [3.63, 3.8) is 0 Å². The first-order chi connectivity index (χ1) is 12.0. The summed E-state index contributed by atoms with van der Waals surface area (Å²) < 4.78 is 10.7. The maximum Gasteiger partial charge on any atom is 0.313 e. The van der Waals surface area contributed by atoms with Crippen molar-refractivity contribution >= 4 is 29.2 Å². The fourth-order valence-corrected chi connectivity index (χ4v) is 2.80. The molecule has 6 heteroatoms. The highest BCUT2D eigenvalue weighted by atomic mass is 35.5. The molecule has 0 saturated carbocycles. The Labute approximate surface area is 150 Å². The second kappa shape index (κ2) is 7.57. The van der Waals surface area contributed by atoms with Crippen LogP contribution in [0.1, 0.15) is 11.1 Å². The van der Waals surface area contributed by atoms with Crippen LogP contribution in [0, 0.1) is 12.8 Å². The Hall–Kier alpha value is -2.53. The fraction of sp³-hybridized carbons (Fsp3) is 0.263. The lowest BCUT2D eigenvalue weighted by Gasteiger charge is -2.24. The molecule has 1 aliphatic heterocycles. The molecule has 0 spiro atoms. The summed E-state index contributed by atoms with van der Waals surface area (Å²) >= 11 is 5.97. The number of halogens is 1. The van der Waals surface area contributed by atoms with E-state index in [9.17, 15) is 9.59 Å². The largest absolute Gasteiger partial charge is 0.492 e. The number of ether oxygens (including phenoxy) is 2. The van der Waals surface area contributed by atoms with Gasteiger partial charge in [0.2, 0.25) is 0 Å². The van der Waals surface area contributed by atoms with Crippen molar-refractivity contribution in [3.8, 4) is 5.75 Å². The molecule has 2 aromatic carbocycles. The van der Waals surface area contributed by atoms with Crippen LogP contribution in [0.2, 0.25) is 5.02 Å². The van der Waals surface area contributed by atoms with Crippen LogP contribution in [0.15, 0.2) is 42.5 Å². The maximum absolute atomic E-state index is 12.2. The highest BCUT2D eigenvalue weighted by molar-refractivity contribution is 6.30. The van der Waals surface area contributed by atoms with Crippen LogP contribution in [-0.2, 0) is 20.7 Å². The third-order valence-electron chi connectivity index (χ3n) is 3.94. The van der Waals surface area contributed by atoms with Crippen LogP contribution in [0.4, 0.5) is 5.69 Å².